The van der Waals surface area contributed by atoms with E-state index in [1.54, 1.807) is 30.0 Å². The zero-order valence-electron chi connectivity index (χ0n) is 23.3. The van der Waals surface area contributed by atoms with Gasteiger partial charge in [-0.05, 0) is 47.9 Å². The molecule has 45 heavy (non-hydrogen) atoms. The number of halogens is 6. The molecule has 1 atom stereocenters. The van der Waals surface area contributed by atoms with Crippen LogP contribution in [0.1, 0.15) is 22.4 Å². The van der Waals surface area contributed by atoms with E-state index in [0.29, 0.717) is 27.8 Å². The first-order valence-corrected chi connectivity index (χ1v) is 15.7. The lowest BCUT2D eigenvalue weighted by Gasteiger charge is -2.17. The Morgan fingerprint density at radius 2 is 1.87 bits per heavy atom. The number of aromatic hydroxyl groups is 1. The van der Waals surface area contributed by atoms with Crippen molar-refractivity contribution >= 4 is 56.3 Å². The van der Waals surface area contributed by atoms with Gasteiger partial charge in [-0.15, -0.1) is 11.8 Å². The molecule has 232 valence electrons. The molecule has 0 amide bonds. The van der Waals surface area contributed by atoms with E-state index in [-0.39, 0.29) is 32.5 Å². The molecule has 1 aliphatic heterocycles. The molecule has 2 aliphatic rings. The molecule has 1 aromatic heterocycles. The topological polar surface area (TPSA) is 88.6 Å². The highest BCUT2D eigenvalue weighted by Gasteiger charge is 2.37. The predicted molar refractivity (Wildman–Crippen MR) is 171 cm³/mol. The molecular weight excluding hydrogens is 700 g/mol. The van der Waals surface area contributed by atoms with E-state index in [0.717, 1.165) is 52.7 Å². The number of fused-ring (bicyclic) bond motifs is 1. The van der Waals surface area contributed by atoms with Crippen LogP contribution in [0.4, 0.5) is 23.2 Å². The molecule has 2 N–H and O–H groups in total. The minimum atomic E-state index is -4.98. The number of hydrogen-bond acceptors (Lipinski definition) is 6. The van der Waals surface area contributed by atoms with Gasteiger partial charge in [0.25, 0.3) is 5.56 Å². The number of phenolic OH excluding ortho intramolecular Hbond substituents is 1. The number of nitrogens with zero attached hydrogens (tertiary/aromatic N) is 3. The molecule has 3 aromatic carbocycles. The number of phenols is 1. The summed E-state index contributed by atoms with van der Waals surface area (Å²) in [6.07, 6.45) is -4.53. The third kappa shape index (κ3) is 5.78. The molecule has 6 rings (SSSR count). The normalized spacial score (nSPS) is 17.4. The van der Waals surface area contributed by atoms with E-state index in [1.807, 2.05) is 24.3 Å². The molecule has 7 nitrogen and oxygen atoms in total. The van der Waals surface area contributed by atoms with Gasteiger partial charge in [-0.2, -0.15) is 13.2 Å². The Bertz CT molecular complexity index is 2030. The summed E-state index contributed by atoms with van der Waals surface area (Å²) < 4.78 is 57.0. The largest absolute Gasteiger partial charge is 0.507 e. The van der Waals surface area contributed by atoms with Crippen molar-refractivity contribution in [2.75, 3.05) is 12.3 Å². The van der Waals surface area contributed by atoms with Gasteiger partial charge in [0.2, 0.25) is 0 Å². The van der Waals surface area contributed by atoms with Gasteiger partial charge in [0.05, 0.1) is 27.5 Å². The molecule has 1 saturated heterocycles. The van der Waals surface area contributed by atoms with Crippen molar-refractivity contribution in [3.05, 3.63) is 125 Å². The van der Waals surface area contributed by atoms with Gasteiger partial charge in [0.1, 0.15) is 17.3 Å². The smallest absolute Gasteiger partial charge is 0.431 e. The number of thioether (sulfide) groups is 1. The predicted octanol–water partition coefficient (Wildman–Crippen LogP) is 6.61. The van der Waals surface area contributed by atoms with E-state index in [2.05, 4.69) is 21.2 Å². The van der Waals surface area contributed by atoms with Gasteiger partial charge in [0.15, 0.2) is 0 Å². The van der Waals surface area contributed by atoms with Crippen molar-refractivity contribution in [2.45, 2.75) is 18.0 Å². The summed E-state index contributed by atoms with van der Waals surface area (Å²) in [5.41, 5.74) is -0.691. The van der Waals surface area contributed by atoms with Crippen LogP contribution < -0.4 is 16.6 Å². The maximum Gasteiger partial charge on any atom is 0.431 e. The molecule has 0 radical (unpaired) electrons. The van der Waals surface area contributed by atoms with Crippen LogP contribution in [0.15, 0.2) is 85.3 Å². The molecule has 0 saturated carbocycles. The van der Waals surface area contributed by atoms with Gasteiger partial charge >= 0.3 is 11.9 Å². The lowest BCUT2D eigenvalue weighted by molar-refractivity contribution is -0.144. The minimum Gasteiger partial charge on any atom is -0.507 e. The fourth-order valence-corrected chi connectivity index (χ4v) is 7.09. The maximum atomic E-state index is 15.3. The van der Waals surface area contributed by atoms with Crippen molar-refractivity contribution in [2.24, 2.45) is 12.0 Å². The monoisotopic (exact) mass is 720 g/mol. The third-order valence-corrected chi connectivity index (χ3v) is 9.56. The molecule has 4 aromatic rings. The summed E-state index contributed by atoms with van der Waals surface area (Å²) in [6, 6.07) is 14.9. The van der Waals surface area contributed by atoms with Crippen molar-refractivity contribution in [3.63, 3.8) is 0 Å². The molecule has 14 heteroatoms. The van der Waals surface area contributed by atoms with Gasteiger partial charge in [-0.3, -0.25) is 9.36 Å². The van der Waals surface area contributed by atoms with Crippen molar-refractivity contribution in [1.82, 2.24) is 14.5 Å². The van der Waals surface area contributed by atoms with E-state index < -0.39 is 34.6 Å². The minimum absolute atomic E-state index is 0.0309. The highest BCUT2D eigenvalue weighted by molar-refractivity contribution is 9.10. The van der Waals surface area contributed by atoms with E-state index in [4.69, 9.17) is 16.6 Å². The number of nitrogens with one attached hydrogen (secondary N) is 1. The fraction of sp³-hybridized carbons (Fsp3) is 0.194. The van der Waals surface area contributed by atoms with E-state index in [1.165, 1.54) is 0 Å². The molecule has 1 fully saturated rings. The van der Waals surface area contributed by atoms with E-state index >= 15 is 4.39 Å². The average molecular weight is 722 g/mol. The number of rotatable bonds is 5. The van der Waals surface area contributed by atoms with Gasteiger partial charge < -0.3 is 10.4 Å². The van der Waals surface area contributed by atoms with Crippen LogP contribution >= 0.6 is 39.3 Å². The third-order valence-electron chi connectivity index (χ3n) is 7.55. The summed E-state index contributed by atoms with van der Waals surface area (Å²) in [7, 11) is 0.842. The van der Waals surface area contributed by atoms with E-state index in [9.17, 15) is 27.9 Å². The molecular formula is C31H22BrClF4N4O3S. The van der Waals surface area contributed by atoms with Crippen LogP contribution in [0.3, 0.4) is 0 Å². The van der Waals surface area contributed by atoms with Gasteiger partial charge in [0, 0.05) is 46.6 Å². The number of aromatic nitrogens is 2. The number of benzene rings is 3. The number of aliphatic imine (C=N–C) groups is 1. The first-order valence-electron chi connectivity index (χ1n) is 13.5. The number of allylic oxidation sites excluding steroid dienone is 1. The summed E-state index contributed by atoms with van der Waals surface area (Å²) in [5.74, 6) is -0.250. The van der Waals surface area contributed by atoms with Crippen LogP contribution in [-0.2, 0) is 19.6 Å². The standard InChI is InChI=1S/C31H22BrClF4N4O3S/c1-40-24(31(35,36)37)14-25(43)41(30(40)44)22-13-21(19(33)12-20(22)34)39-28-17-3-2-4-23(42)26(17)18(27(28)29-38-9-10-45-29)11-15-5-7-16(32)8-6-15/h2-8,12-14,29,38,42H,9-11H2,1H3. The quantitative estimate of drug-likeness (QED) is 0.227. The lowest BCUT2D eigenvalue weighted by Crippen LogP contribution is -2.41. The molecule has 1 aliphatic carbocycles. The highest BCUT2D eigenvalue weighted by atomic mass is 79.9. The van der Waals surface area contributed by atoms with Crippen molar-refractivity contribution in [3.8, 4) is 11.4 Å². The molecule has 1 unspecified atom stereocenters. The Kier molecular flexibility index (Phi) is 8.31. The summed E-state index contributed by atoms with van der Waals surface area (Å²) in [6.45, 7) is 0.724. The summed E-state index contributed by atoms with van der Waals surface area (Å²) in [4.78, 5) is 30.6. The molecule has 2 heterocycles. The summed E-state index contributed by atoms with van der Waals surface area (Å²) >= 11 is 11.6. The van der Waals surface area contributed by atoms with Gasteiger partial charge in [-0.1, -0.05) is 51.8 Å². The maximum absolute atomic E-state index is 15.3. The van der Waals surface area contributed by atoms with Crippen LogP contribution in [-0.4, -0.2) is 37.6 Å². The number of hydrogen-bond donors (Lipinski definition) is 2. The SMILES string of the molecule is Cn1c(C(F)(F)F)cc(=O)n(-c2cc(N=C3C(C4NCCS4)=C(Cc4ccc(Br)cc4)c4c(O)cccc43)c(Cl)cc2F)c1=O. The second-order valence-corrected chi connectivity index (χ2v) is 12.9. The van der Waals surface area contributed by atoms with Crippen LogP contribution in [0, 0.1) is 5.82 Å². The Morgan fingerprint density at radius 3 is 2.53 bits per heavy atom. The zero-order valence-corrected chi connectivity index (χ0v) is 26.4. The van der Waals surface area contributed by atoms with Crippen LogP contribution in [0.2, 0.25) is 5.02 Å². The molecule has 0 bridgehead atoms. The van der Waals surface area contributed by atoms with Crippen molar-refractivity contribution < 1.29 is 22.7 Å². The van der Waals surface area contributed by atoms with Crippen molar-refractivity contribution in [1.29, 1.82) is 0 Å². The van der Waals surface area contributed by atoms with Gasteiger partial charge in [-0.25, -0.2) is 18.7 Å². The first kappa shape index (κ1) is 31.3. The molecule has 0 spiro atoms. The Hall–Kier alpha value is -3.65. The Balaban J connectivity index is 1.57. The fourth-order valence-electron chi connectivity index (χ4n) is 5.50. The Labute approximate surface area is 271 Å². The average Bonchev–Trinajstić information content (AvgIpc) is 3.61. The second-order valence-electron chi connectivity index (χ2n) is 10.4. The van der Waals surface area contributed by atoms with Crippen LogP contribution in [0.5, 0.6) is 5.75 Å². The summed E-state index contributed by atoms with van der Waals surface area (Å²) in [5, 5.41) is 14.1. The lowest BCUT2D eigenvalue weighted by atomic mass is 9.97. The zero-order chi connectivity index (χ0) is 32.2. The first-order chi connectivity index (χ1) is 21.3. The Morgan fingerprint density at radius 1 is 1.13 bits per heavy atom. The highest BCUT2D eigenvalue weighted by Crippen LogP contribution is 2.45. The van der Waals surface area contributed by atoms with Crippen LogP contribution in [0.25, 0.3) is 11.3 Å². The second kappa shape index (κ2) is 11.9. The number of alkyl halides is 3.